The van der Waals surface area contributed by atoms with Gasteiger partial charge in [-0.2, -0.15) is 0 Å². The van der Waals surface area contributed by atoms with Gasteiger partial charge in [0, 0.05) is 11.4 Å². The standard InChI is InChI=1S/C20H16N4O6S.CH5N/c25-13-7-30-11-3-1-8(5-10(11)22-13)6-21-18(27)16-23-17(26)15-14-9(20(28)29)2-4-12(14)31-19(15)24-16;1-2/h1,3,5,9H,2,4,6-7H2,(H,21,27)(H,22,25)(H,28,29)(H,23,24,26);2H2,1H3. The zero-order valence-electron chi connectivity index (χ0n) is 17.6. The van der Waals surface area contributed by atoms with Crippen molar-refractivity contribution in [3.8, 4) is 5.75 Å². The number of hydrogen-bond acceptors (Lipinski definition) is 8. The van der Waals surface area contributed by atoms with E-state index in [1.54, 1.807) is 18.2 Å². The average molecular weight is 471 g/mol. The number of hydrogen-bond donors (Lipinski definition) is 5. The van der Waals surface area contributed by atoms with Crippen LogP contribution in [0.3, 0.4) is 0 Å². The molecule has 2 aliphatic rings. The van der Waals surface area contributed by atoms with Gasteiger partial charge in [0.25, 0.3) is 17.4 Å². The summed E-state index contributed by atoms with van der Waals surface area (Å²) in [5.41, 5.74) is 5.75. The molecule has 0 bridgehead atoms. The number of anilines is 1. The molecule has 1 aliphatic heterocycles. The predicted octanol–water partition coefficient (Wildman–Crippen LogP) is 0.935. The number of aromatic nitrogens is 2. The van der Waals surface area contributed by atoms with Gasteiger partial charge in [-0.1, -0.05) is 6.07 Å². The van der Waals surface area contributed by atoms with Crippen molar-refractivity contribution in [2.45, 2.75) is 25.3 Å². The molecule has 0 saturated heterocycles. The van der Waals surface area contributed by atoms with E-state index in [1.807, 2.05) is 0 Å². The summed E-state index contributed by atoms with van der Waals surface area (Å²) in [5, 5.41) is 15.1. The number of rotatable bonds is 4. The van der Waals surface area contributed by atoms with E-state index < -0.39 is 23.4 Å². The van der Waals surface area contributed by atoms with Crippen LogP contribution in [0.25, 0.3) is 10.2 Å². The highest BCUT2D eigenvalue weighted by molar-refractivity contribution is 7.18. The molecule has 3 heterocycles. The quantitative estimate of drug-likeness (QED) is 0.373. The lowest BCUT2D eigenvalue weighted by Crippen LogP contribution is -2.28. The molecule has 1 unspecified atom stereocenters. The molecule has 1 aromatic carbocycles. The molecule has 5 rings (SSSR count). The number of nitrogens with two attached hydrogens (primary N) is 1. The van der Waals surface area contributed by atoms with Crippen LogP contribution in [0.4, 0.5) is 5.69 Å². The number of aryl methyl sites for hydroxylation is 1. The Morgan fingerprint density at radius 1 is 1.33 bits per heavy atom. The Morgan fingerprint density at radius 3 is 2.88 bits per heavy atom. The number of H-pyrrole nitrogens is 1. The maximum absolute atomic E-state index is 12.6. The second-order valence-electron chi connectivity index (χ2n) is 7.31. The summed E-state index contributed by atoms with van der Waals surface area (Å²) in [6.45, 7) is 0.107. The van der Waals surface area contributed by atoms with Gasteiger partial charge in [-0.25, -0.2) is 4.98 Å². The first-order valence-electron chi connectivity index (χ1n) is 10.1. The summed E-state index contributed by atoms with van der Waals surface area (Å²) in [4.78, 5) is 56.1. The number of carboxylic acid groups (broad SMARTS) is 1. The van der Waals surface area contributed by atoms with Gasteiger partial charge < -0.3 is 31.2 Å². The van der Waals surface area contributed by atoms with Crippen molar-refractivity contribution in [3.05, 3.63) is 50.4 Å². The minimum absolute atomic E-state index is 0.0377. The van der Waals surface area contributed by atoms with Gasteiger partial charge in [-0.3, -0.25) is 19.2 Å². The first kappa shape index (κ1) is 22.4. The van der Waals surface area contributed by atoms with Gasteiger partial charge in [-0.05, 0) is 43.1 Å². The van der Waals surface area contributed by atoms with Crippen LogP contribution in [-0.2, 0) is 22.6 Å². The highest BCUT2D eigenvalue weighted by Gasteiger charge is 2.34. The lowest BCUT2D eigenvalue weighted by molar-refractivity contribution is -0.138. The molecule has 33 heavy (non-hydrogen) atoms. The molecule has 0 saturated carbocycles. The molecular weight excluding hydrogens is 450 g/mol. The SMILES string of the molecule is CN.O=C1COc2ccc(CNC(=O)c3nc4sc5c(c4c(=O)[nH]3)C(C(=O)O)CC5)cc2N1. The van der Waals surface area contributed by atoms with E-state index in [4.69, 9.17) is 4.74 Å². The van der Waals surface area contributed by atoms with Crippen molar-refractivity contribution in [2.75, 3.05) is 19.0 Å². The third-order valence-corrected chi connectivity index (χ3v) is 6.49. The van der Waals surface area contributed by atoms with Gasteiger partial charge in [0.1, 0.15) is 10.6 Å². The number of thiophene rings is 1. The van der Waals surface area contributed by atoms with Crippen molar-refractivity contribution >= 4 is 45.0 Å². The molecule has 0 spiro atoms. The van der Waals surface area contributed by atoms with Gasteiger partial charge in [-0.15, -0.1) is 11.3 Å². The fraction of sp³-hybridized carbons (Fsp3) is 0.286. The Labute approximate surface area is 191 Å². The Balaban J connectivity index is 0.00000126. The molecule has 1 atom stereocenters. The molecule has 12 heteroatoms. The number of benzene rings is 1. The molecule has 172 valence electrons. The van der Waals surface area contributed by atoms with Crippen LogP contribution in [0.2, 0.25) is 0 Å². The number of nitrogens with zero attached hydrogens (tertiary/aromatic N) is 1. The summed E-state index contributed by atoms with van der Waals surface area (Å²) in [7, 11) is 1.50. The van der Waals surface area contributed by atoms with Gasteiger partial charge in [0.05, 0.1) is 17.0 Å². The fourth-order valence-corrected chi connectivity index (χ4v) is 5.16. The summed E-state index contributed by atoms with van der Waals surface area (Å²) in [5.74, 6) is -2.10. The second-order valence-corrected chi connectivity index (χ2v) is 8.40. The fourth-order valence-electron chi connectivity index (χ4n) is 3.91. The van der Waals surface area contributed by atoms with Crippen LogP contribution in [0, 0.1) is 0 Å². The number of amides is 2. The lowest BCUT2D eigenvalue weighted by atomic mass is 10.0. The molecular formula is C21H21N5O6S. The van der Waals surface area contributed by atoms with E-state index in [0.717, 1.165) is 10.4 Å². The summed E-state index contributed by atoms with van der Waals surface area (Å²) < 4.78 is 5.30. The minimum atomic E-state index is -0.966. The summed E-state index contributed by atoms with van der Waals surface area (Å²) in [6.07, 6.45) is 1.03. The smallest absolute Gasteiger partial charge is 0.311 e. The number of carbonyl (C=O) groups excluding carboxylic acids is 2. The highest BCUT2D eigenvalue weighted by Crippen LogP contribution is 2.42. The van der Waals surface area contributed by atoms with Crippen molar-refractivity contribution < 1.29 is 24.2 Å². The Bertz CT molecular complexity index is 1330. The van der Waals surface area contributed by atoms with Gasteiger partial charge in [0.2, 0.25) is 5.82 Å². The number of aromatic amines is 1. The van der Waals surface area contributed by atoms with Crippen LogP contribution in [-0.4, -0.2) is 46.5 Å². The first-order valence-corrected chi connectivity index (χ1v) is 10.9. The molecule has 0 fully saturated rings. The monoisotopic (exact) mass is 471 g/mol. The predicted molar refractivity (Wildman–Crippen MR) is 121 cm³/mol. The van der Waals surface area contributed by atoms with E-state index in [9.17, 15) is 24.3 Å². The van der Waals surface area contributed by atoms with Crippen LogP contribution in [0.5, 0.6) is 5.75 Å². The number of aliphatic carboxylic acids is 1. The summed E-state index contributed by atoms with van der Waals surface area (Å²) >= 11 is 1.25. The number of carbonyl (C=O) groups is 3. The van der Waals surface area contributed by atoms with Crippen molar-refractivity contribution in [3.63, 3.8) is 0 Å². The van der Waals surface area contributed by atoms with Crippen molar-refractivity contribution in [2.24, 2.45) is 5.73 Å². The van der Waals surface area contributed by atoms with Gasteiger partial charge >= 0.3 is 5.97 Å². The highest BCUT2D eigenvalue weighted by atomic mass is 32.1. The largest absolute Gasteiger partial charge is 0.482 e. The molecule has 1 aliphatic carbocycles. The average Bonchev–Trinajstić information content (AvgIpc) is 3.37. The van der Waals surface area contributed by atoms with Crippen molar-refractivity contribution in [1.82, 2.24) is 15.3 Å². The van der Waals surface area contributed by atoms with Crippen molar-refractivity contribution in [1.29, 1.82) is 0 Å². The third-order valence-electron chi connectivity index (χ3n) is 5.33. The maximum Gasteiger partial charge on any atom is 0.311 e. The Morgan fingerprint density at radius 2 is 2.12 bits per heavy atom. The minimum Gasteiger partial charge on any atom is -0.482 e. The lowest BCUT2D eigenvalue weighted by Gasteiger charge is -2.18. The molecule has 2 amide bonds. The molecule has 6 N–H and O–H groups in total. The maximum atomic E-state index is 12.6. The zero-order chi connectivity index (χ0) is 23.7. The van der Waals surface area contributed by atoms with E-state index in [0.29, 0.717) is 34.7 Å². The number of carboxylic acids is 1. The van der Waals surface area contributed by atoms with Crippen LogP contribution in [0.15, 0.2) is 23.0 Å². The van der Waals surface area contributed by atoms with E-state index in [2.05, 4.69) is 26.3 Å². The normalized spacial score (nSPS) is 16.1. The van der Waals surface area contributed by atoms with Crippen LogP contribution < -0.4 is 26.7 Å². The number of ether oxygens (including phenoxy) is 1. The van der Waals surface area contributed by atoms with Crippen LogP contribution >= 0.6 is 11.3 Å². The Kier molecular flexibility index (Phi) is 6.11. The molecule has 0 radical (unpaired) electrons. The zero-order valence-corrected chi connectivity index (χ0v) is 18.4. The molecule has 3 aromatic rings. The first-order chi connectivity index (χ1) is 15.9. The van der Waals surface area contributed by atoms with Crippen LogP contribution in [0.1, 0.15) is 39.0 Å². The topological polar surface area (TPSA) is 176 Å². The Hall–Kier alpha value is -3.77. The van der Waals surface area contributed by atoms with E-state index >= 15 is 0 Å². The number of nitrogens with one attached hydrogen (secondary N) is 3. The van der Waals surface area contributed by atoms with E-state index in [-0.39, 0.29) is 30.3 Å². The van der Waals surface area contributed by atoms with Gasteiger partial charge in [0.15, 0.2) is 6.61 Å². The molecule has 2 aromatic heterocycles. The van der Waals surface area contributed by atoms with E-state index in [1.165, 1.54) is 18.4 Å². The third kappa shape index (κ3) is 4.17. The number of fused-ring (bicyclic) bond motifs is 4. The summed E-state index contributed by atoms with van der Waals surface area (Å²) in [6, 6.07) is 5.15. The molecule has 11 nitrogen and oxygen atoms in total. The second kappa shape index (κ2) is 9.00.